The Bertz CT molecular complexity index is 1150. The highest BCUT2D eigenvalue weighted by molar-refractivity contribution is 6.06. The lowest BCUT2D eigenvalue weighted by Crippen LogP contribution is -2.27. The number of nitrogens with one attached hydrogen (secondary N) is 1. The van der Waals surface area contributed by atoms with Crippen LogP contribution in [0.5, 0.6) is 0 Å². The van der Waals surface area contributed by atoms with Crippen LogP contribution in [-0.4, -0.2) is 21.4 Å². The van der Waals surface area contributed by atoms with Crippen LogP contribution in [0.15, 0.2) is 58.4 Å². The number of hydrazone groups is 1. The van der Waals surface area contributed by atoms with Gasteiger partial charge < -0.3 is 0 Å². The van der Waals surface area contributed by atoms with Gasteiger partial charge in [-0.05, 0) is 30.7 Å². The third-order valence-corrected chi connectivity index (χ3v) is 4.10. The molecule has 9 heteroatoms. The minimum Gasteiger partial charge on any atom is -0.267 e. The zero-order chi connectivity index (χ0) is 20.5. The number of rotatable bonds is 3. The normalized spacial score (nSPS) is 12.2. The molecule has 1 amide bonds. The Labute approximate surface area is 157 Å². The number of hydrogen-bond acceptors (Lipinski definition) is 4. The Morgan fingerprint density at radius 1 is 1.11 bits per heavy atom. The molecule has 1 heterocycles. The van der Waals surface area contributed by atoms with E-state index in [0.717, 1.165) is 16.8 Å². The van der Waals surface area contributed by atoms with Crippen LogP contribution in [0.4, 0.5) is 13.2 Å². The van der Waals surface area contributed by atoms with E-state index in [9.17, 15) is 22.8 Å². The van der Waals surface area contributed by atoms with Gasteiger partial charge in [-0.3, -0.25) is 9.59 Å². The Morgan fingerprint density at radius 2 is 1.79 bits per heavy atom. The molecule has 0 saturated heterocycles. The van der Waals surface area contributed by atoms with E-state index >= 15 is 0 Å². The van der Waals surface area contributed by atoms with Crippen LogP contribution in [0.25, 0.3) is 10.8 Å². The van der Waals surface area contributed by atoms with Gasteiger partial charge in [0.05, 0.1) is 16.7 Å². The average Bonchev–Trinajstić information content (AvgIpc) is 2.68. The Hall–Kier alpha value is -3.49. The number of amides is 1. The summed E-state index contributed by atoms with van der Waals surface area (Å²) in [6, 6.07) is 11.1. The van der Waals surface area contributed by atoms with Gasteiger partial charge in [0.15, 0.2) is 5.69 Å². The molecule has 2 aromatic carbocycles. The number of benzene rings is 2. The van der Waals surface area contributed by atoms with Crippen LogP contribution in [0.2, 0.25) is 0 Å². The molecule has 3 rings (SSSR count). The number of aryl methyl sites for hydroxylation is 1. The van der Waals surface area contributed by atoms with Crippen molar-refractivity contribution in [3.63, 3.8) is 0 Å². The van der Waals surface area contributed by atoms with Crippen LogP contribution in [0.3, 0.4) is 0 Å². The molecule has 0 radical (unpaired) electrons. The van der Waals surface area contributed by atoms with Crippen molar-refractivity contribution in [2.75, 3.05) is 0 Å². The van der Waals surface area contributed by atoms with Crippen LogP contribution in [-0.2, 0) is 13.2 Å². The monoisotopic (exact) mass is 388 g/mol. The number of nitrogens with zero attached hydrogens (tertiary/aromatic N) is 3. The topological polar surface area (TPSA) is 76.3 Å². The lowest BCUT2D eigenvalue weighted by molar-refractivity contribution is -0.137. The summed E-state index contributed by atoms with van der Waals surface area (Å²) < 4.78 is 39.6. The van der Waals surface area contributed by atoms with E-state index in [0.29, 0.717) is 10.8 Å². The van der Waals surface area contributed by atoms with Crippen LogP contribution in [0.1, 0.15) is 28.5 Å². The number of carbonyl (C=O) groups is 1. The first kappa shape index (κ1) is 19.3. The molecule has 1 N–H and O–H groups in total. The highest BCUT2D eigenvalue weighted by Crippen LogP contribution is 2.29. The molecule has 0 bridgehead atoms. The predicted octanol–water partition coefficient (Wildman–Crippen LogP) is 3.11. The van der Waals surface area contributed by atoms with Crippen molar-refractivity contribution in [3.8, 4) is 0 Å². The van der Waals surface area contributed by atoms with Crippen molar-refractivity contribution in [2.24, 2.45) is 12.1 Å². The van der Waals surface area contributed by atoms with Crippen molar-refractivity contribution in [3.05, 3.63) is 75.7 Å². The molecule has 0 fully saturated rings. The van der Waals surface area contributed by atoms with E-state index in [-0.39, 0.29) is 22.5 Å². The standard InChI is InChI=1S/C19H15F3N4O2/c1-11(12-6-5-7-13(10-12)19(20,21)22)23-24-17(27)16-14-8-3-4-9-15(14)18(28)26(2)25-16/h3-10H,1-2H3,(H,24,27)/b23-11+. The minimum atomic E-state index is -4.48. The van der Waals surface area contributed by atoms with E-state index < -0.39 is 17.6 Å². The van der Waals surface area contributed by atoms with Crippen LogP contribution >= 0.6 is 0 Å². The van der Waals surface area contributed by atoms with Crippen molar-refractivity contribution in [2.45, 2.75) is 13.1 Å². The second-order valence-electron chi connectivity index (χ2n) is 6.04. The zero-order valence-corrected chi connectivity index (χ0v) is 14.9. The first-order valence-electron chi connectivity index (χ1n) is 8.17. The molecule has 144 valence electrons. The Morgan fingerprint density at radius 3 is 2.46 bits per heavy atom. The SMILES string of the molecule is C/C(=N\NC(=O)c1nn(C)c(=O)c2ccccc12)c1cccc(C(F)(F)F)c1. The van der Waals surface area contributed by atoms with Gasteiger partial charge in [-0.2, -0.15) is 23.4 Å². The number of halogens is 3. The van der Waals surface area contributed by atoms with Crippen molar-refractivity contribution in [1.29, 1.82) is 0 Å². The molecule has 1 aromatic heterocycles. The van der Waals surface area contributed by atoms with Crippen LogP contribution < -0.4 is 11.0 Å². The first-order chi connectivity index (χ1) is 13.2. The molecule has 3 aromatic rings. The smallest absolute Gasteiger partial charge is 0.267 e. The second-order valence-corrected chi connectivity index (χ2v) is 6.04. The fourth-order valence-corrected chi connectivity index (χ4v) is 2.64. The number of carbonyl (C=O) groups excluding carboxylic acids is 1. The van der Waals surface area contributed by atoms with E-state index in [4.69, 9.17) is 0 Å². The fraction of sp³-hybridized carbons (Fsp3) is 0.158. The van der Waals surface area contributed by atoms with E-state index in [1.54, 1.807) is 24.3 Å². The van der Waals surface area contributed by atoms with Gasteiger partial charge >= 0.3 is 6.18 Å². The van der Waals surface area contributed by atoms with Gasteiger partial charge in [-0.25, -0.2) is 10.1 Å². The van der Waals surface area contributed by atoms with Gasteiger partial charge in [0, 0.05) is 12.4 Å². The van der Waals surface area contributed by atoms with Gasteiger partial charge in [-0.1, -0.05) is 30.3 Å². The molecule has 0 saturated carbocycles. The van der Waals surface area contributed by atoms with Crippen molar-refractivity contribution in [1.82, 2.24) is 15.2 Å². The molecule has 0 aliphatic heterocycles. The van der Waals surface area contributed by atoms with Gasteiger partial charge in [-0.15, -0.1) is 0 Å². The number of hydrogen-bond donors (Lipinski definition) is 1. The molecular formula is C19H15F3N4O2. The molecular weight excluding hydrogens is 373 g/mol. The third-order valence-electron chi connectivity index (χ3n) is 4.10. The predicted molar refractivity (Wildman–Crippen MR) is 98.1 cm³/mol. The molecule has 6 nitrogen and oxygen atoms in total. The summed E-state index contributed by atoms with van der Waals surface area (Å²) in [7, 11) is 1.42. The van der Waals surface area contributed by atoms with E-state index in [2.05, 4.69) is 15.6 Å². The number of fused-ring (bicyclic) bond motifs is 1. The maximum absolute atomic E-state index is 12.8. The number of aromatic nitrogens is 2. The first-order valence-corrected chi connectivity index (χ1v) is 8.17. The van der Waals surface area contributed by atoms with Gasteiger partial charge in [0.1, 0.15) is 0 Å². The highest BCUT2D eigenvalue weighted by Gasteiger charge is 2.30. The third kappa shape index (κ3) is 3.78. The summed E-state index contributed by atoms with van der Waals surface area (Å²) in [5.74, 6) is -0.682. The van der Waals surface area contributed by atoms with E-state index in [1.165, 1.54) is 26.1 Å². The summed E-state index contributed by atoms with van der Waals surface area (Å²) in [4.78, 5) is 24.6. The summed E-state index contributed by atoms with van der Waals surface area (Å²) in [5, 5.41) is 8.53. The van der Waals surface area contributed by atoms with Gasteiger partial charge in [0.2, 0.25) is 0 Å². The molecule has 0 atom stereocenters. The largest absolute Gasteiger partial charge is 0.416 e. The zero-order valence-electron chi connectivity index (χ0n) is 14.9. The summed E-state index contributed by atoms with van der Waals surface area (Å²) >= 11 is 0. The molecule has 0 aliphatic carbocycles. The molecule has 0 unspecified atom stereocenters. The van der Waals surface area contributed by atoms with Gasteiger partial charge in [0.25, 0.3) is 11.5 Å². The maximum atomic E-state index is 12.8. The highest BCUT2D eigenvalue weighted by atomic mass is 19.4. The lowest BCUT2D eigenvalue weighted by Gasteiger charge is -2.09. The average molecular weight is 388 g/mol. The minimum absolute atomic E-state index is 0.0155. The van der Waals surface area contributed by atoms with Crippen LogP contribution in [0, 0.1) is 0 Å². The van der Waals surface area contributed by atoms with Crippen molar-refractivity contribution >= 4 is 22.4 Å². The Kier molecular flexibility index (Phi) is 5.00. The second kappa shape index (κ2) is 7.26. The van der Waals surface area contributed by atoms with E-state index in [1.807, 2.05) is 0 Å². The summed E-state index contributed by atoms with van der Waals surface area (Å²) in [5.41, 5.74) is 1.51. The molecule has 28 heavy (non-hydrogen) atoms. The molecule has 0 spiro atoms. The summed E-state index contributed by atoms with van der Waals surface area (Å²) in [6.07, 6.45) is -4.48. The fourth-order valence-electron chi connectivity index (χ4n) is 2.64. The Balaban J connectivity index is 1.91. The lowest BCUT2D eigenvalue weighted by atomic mass is 10.1. The van der Waals surface area contributed by atoms with Crippen molar-refractivity contribution < 1.29 is 18.0 Å². The summed E-state index contributed by atoms with van der Waals surface area (Å²) in [6.45, 7) is 1.47. The quantitative estimate of drug-likeness (QED) is 0.553. The maximum Gasteiger partial charge on any atom is 0.416 e. The molecule has 0 aliphatic rings. The number of alkyl halides is 3.